The second kappa shape index (κ2) is 4.50. The zero-order valence-electron chi connectivity index (χ0n) is 7.58. The van der Waals surface area contributed by atoms with E-state index in [0.29, 0.717) is 0 Å². The molecule has 0 heterocycles. The molecule has 70 valence electrons. The molecule has 3 heteroatoms. The van der Waals surface area contributed by atoms with Crippen molar-refractivity contribution in [3.8, 4) is 0 Å². The van der Waals surface area contributed by atoms with Gasteiger partial charge in [0.2, 0.25) is 0 Å². The summed E-state index contributed by atoms with van der Waals surface area (Å²) >= 11 is 0. The number of aliphatic carboxylic acids is 1. The molecule has 0 atom stereocenters. The zero-order chi connectivity index (χ0) is 9.68. The minimum atomic E-state index is -0.795. The summed E-state index contributed by atoms with van der Waals surface area (Å²) in [6.45, 7) is 2.89. The van der Waals surface area contributed by atoms with Crippen LogP contribution in [0.25, 0.3) is 0 Å². The van der Waals surface area contributed by atoms with Gasteiger partial charge < -0.3 is 10.4 Å². The molecular formula is C10H13NO2. The van der Waals surface area contributed by atoms with Crippen molar-refractivity contribution in [2.75, 3.05) is 11.9 Å². The van der Waals surface area contributed by atoms with E-state index >= 15 is 0 Å². The summed E-state index contributed by atoms with van der Waals surface area (Å²) in [5.41, 5.74) is 1.85. The summed E-state index contributed by atoms with van der Waals surface area (Å²) in [6, 6.07) is 7.43. The minimum absolute atomic E-state index is 0.0897. The molecule has 2 N–H and O–H groups in total. The van der Waals surface area contributed by atoms with E-state index in [4.69, 9.17) is 5.11 Å². The van der Waals surface area contributed by atoms with E-state index in [1.165, 1.54) is 0 Å². The zero-order valence-corrected chi connectivity index (χ0v) is 7.58. The van der Waals surface area contributed by atoms with E-state index in [1.54, 1.807) is 0 Å². The van der Waals surface area contributed by atoms with Crippen LogP contribution < -0.4 is 5.32 Å². The van der Waals surface area contributed by atoms with Gasteiger partial charge in [0, 0.05) is 12.2 Å². The fourth-order valence-electron chi connectivity index (χ4n) is 1.12. The van der Waals surface area contributed by atoms with Crippen LogP contribution in [0.15, 0.2) is 24.3 Å². The van der Waals surface area contributed by atoms with Crippen LogP contribution in [0, 0.1) is 0 Å². The summed E-state index contributed by atoms with van der Waals surface area (Å²) in [7, 11) is 0. The smallest absolute Gasteiger partial charge is 0.307 e. The Morgan fingerprint density at radius 2 is 2.00 bits per heavy atom. The summed E-state index contributed by atoms with van der Waals surface area (Å²) in [5, 5.41) is 11.7. The van der Waals surface area contributed by atoms with Gasteiger partial charge in [-0.05, 0) is 24.6 Å². The number of carbonyl (C=O) groups is 1. The molecule has 1 aromatic carbocycles. The standard InChI is InChI=1S/C10H13NO2/c1-2-11-9-5-3-8(4-6-9)7-10(12)13/h3-6,11H,2,7H2,1H3,(H,12,13). The third-order valence-corrected chi connectivity index (χ3v) is 1.69. The highest BCUT2D eigenvalue weighted by Crippen LogP contribution is 2.09. The van der Waals surface area contributed by atoms with E-state index in [9.17, 15) is 4.79 Å². The van der Waals surface area contributed by atoms with Gasteiger partial charge in [0.1, 0.15) is 0 Å². The Bertz CT molecular complexity index is 279. The molecule has 0 unspecified atom stereocenters. The highest BCUT2D eigenvalue weighted by molar-refractivity contribution is 5.70. The Balaban J connectivity index is 2.64. The van der Waals surface area contributed by atoms with Gasteiger partial charge >= 0.3 is 5.97 Å². The first kappa shape index (κ1) is 9.58. The van der Waals surface area contributed by atoms with E-state index in [2.05, 4.69) is 5.32 Å². The Kier molecular flexibility index (Phi) is 3.31. The first-order valence-corrected chi connectivity index (χ1v) is 4.27. The molecule has 0 spiro atoms. The van der Waals surface area contributed by atoms with Crippen molar-refractivity contribution < 1.29 is 9.90 Å². The summed E-state index contributed by atoms with van der Waals surface area (Å²) < 4.78 is 0. The average Bonchev–Trinajstić information content (AvgIpc) is 2.08. The molecule has 0 saturated heterocycles. The predicted molar refractivity (Wildman–Crippen MR) is 51.9 cm³/mol. The lowest BCUT2D eigenvalue weighted by Gasteiger charge is -2.03. The number of carboxylic acid groups (broad SMARTS) is 1. The Hall–Kier alpha value is -1.51. The van der Waals surface area contributed by atoms with Gasteiger partial charge in [0.05, 0.1) is 6.42 Å². The molecule has 13 heavy (non-hydrogen) atoms. The average molecular weight is 179 g/mol. The van der Waals surface area contributed by atoms with Crippen molar-refractivity contribution in [2.24, 2.45) is 0 Å². The fourth-order valence-corrected chi connectivity index (χ4v) is 1.12. The second-order valence-electron chi connectivity index (χ2n) is 2.80. The number of hydrogen-bond acceptors (Lipinski definition) is 2. The predicted octanol–water partition coefficient (Wildman–Crippen LogP) is 1.75. The largest absolute Gasteiger partial charge is 0.481 e. The lowest BCUT2D eigenvalue weighted by molar-refractivity contribution is -0.136. The molecule has 0 aliphatic carbocycles. The SMILES string of the molecule is CCNc1ccc(CC(=O)O)cc1. The van der Waals surface area contributed by atoms with Crippen molar-refractivity contribution in [2.45, 2.75) is 13.3 Å². The Labute approximate surface area is 77.4 Å². The molecule has 0 amide bonds. The van der Waals surface area contributed by atoms with Crippen LogP contribution in [0.2, 0.25) is 0 Å². The maximum atomic E-state index is 10.4. The van der Waals surface area contributed by atoms with Crippen LogP contribution in [0.3, 0.4) is 0 Å². The maximum absolute atomic E-state index is 10.4. The lowest BCUT2D eigenvalue weighted by Crippen LogP contribution is -2.00. The summed E-state index contributed by atoms with van der Waals surface area (Å²) in [4.78, 5) is 10.4. The molecule has 0 aliphatic heterocycles. The van der Waals surface area contributed by atoms with Crippen molar-refractivity contribution in [3.05, 3.63) is 29.8 Å². The van der Waals surface area contributed by atoms with Crippen molar-refractivity contribution in [1.29, 1.82) is 0 Å². The number of nitrogens with one attached hydrogen (secondary N) is 1. The highest BCUT2D eigenvalue weighted by atomic mass is 16.4. The highest BCUT2D eigenvalue weighted by Gasteiger charge is 1.99. The van der Waals surface area contributed by atoms with Gasteiger partial charge in [-0.15, -0.1) is 0 Å². The van der Waals surface area contributed by atoms with Crippen LogP contribution in [0.1, 0.15) is 12.5 Å². The maximum Gasteiger partial charge on any atom is 0.307 e. The van der Waals surface area contributed by atoms with Crippen LogP contribution in [-0.4, -0.2) is 17.6 Å². The van der Waals surface area contributed by atoms with Crippen LogP contribution >= 0.6 is 0 Å². The van der Waals surface area contributed by atoms with Crippen molar-refractivity contribution in [3.63, 3.8) is 0 Å². The van der Waals surface area contributed by atoms with E-state index < -0.39 is 5.97 Å². The van der Waals surface area contributed by atoms with Gasteiger partial charge in [0.25, 0.3) is 0 Å². The van der Waals surface area contributed by atoms with Gasteiger partial charge in [0.15, 0.2) is 0 Å². The molecule has 0 radical (unpaired) electrons. The molecule has 0 saturated carbocycles. The van der Waals surface area contributed by atoms with Crippen LogP contribution in [0.4, 0.5) is 5.69 Å². The lowest BCUT2D eigenvalue weighted by atomic mass is 10.1. The molecule has 0 fully saturated rings. The van der Waals surface area contributed by atoms with Crippen LogP contribution in [-0.2, 0) is 11.2 Å². The first-order valence-electron chi connectivity index (χ1n) is 4.27. The normalized spacial score (nSPS) is 9.62. The monoisotopic (exact) mass is 179 g/mol. The van der Waals surface area contributed by atoms with Crippen LogP contribution in [0.5, 0.6) is 0 Å². The first-order chi connectivity index (χ1) is 6.22. The quantitative estimate of drug-likeness (QED) is 0.740. The number of carboxylic acids is 1. The number of benzene rings is 1. The van der Waals surface area contributed by atoms with E-state index in [0.717, 1.165) is 17.8 Å². The molecule has 0 aromatic heterocycles. The molecule has 0 aliphatic rings. The molecule has 1 aromatic rings. The van der Waals surface area contributed by atoms with E-state index in [1.807, 2.05) is 31.2 Å². The Morgan fingerprint density at radius 3 is 2.46 bits per heavy atom. The van der Waals surface area contributed by atoms with Gasteiger partial charge in [-0.25, -0.2) is 0 Å². The van der Waals surface area contributed by atoms with Gasteiger partial charge in [-0.3, -0.25) is 4.79 Å². The molecule has 1 rings (SSSR count). The number of anilines is 1. The summed E-state index contributed by atoms with van der Waals surface area (Å²) in [6.07, 6.45) is 0.0897. The molecule has 0 bridgehead atoms. The fraction of sp³-hybridized carbons (Fsp3) is 0.300. The number of hydrogen-bond donors (Lipinski definition) is 2. The van der Waals surface area contributed by atoms with Crippen molar-refractivity contribution >= 4 is 11.7 Å². The molecular weight excluding hydrogens is 166 g/mol. The van der Waals surface area contributed by atoms with E-state index in [-0.39, 0.29) is 6.42 Å². The van der Waals surface area contributed by atoms with Gasteiger partial charge in [-0.1, -0.05) is 12.1 Å². The minimum Gasteiger partial charge on any atom is -0.481 e. The van der Waals surface area contributed by atoms with Gasteiger partial charge in [-0.2, -0.15) is 0 Å². The number of rotatable bonds is 4. The summed E-state index contributed by atoms with van der Waals surface area (Å²) in [5.74, 6) is -0.795. The third kappa shape index (κ3) is 3.15. The topological polar surface area (TPSA) is 49.3 Å². The Morgan fingerprint density at radius 1 is 1.38 bits per heavy atom. The molecule has 3 nitrogen and oxygen atoms in total. The van der Waals surface area contributed by atoms with Crippen molar-refractivity contribution in [1.82, 2.24) is 0 Å². The second-order valence-corrected chi connectivity index (χ2v) is 2.80. The third-order valence-electron chi connectivity index (χ3n) is 1.69.